The zero-order valence-corrected chi connectivity index (χ0v) is 10.3. The number of nitrogens with zero attached hydrogens (tertiary/aromatic N) is 2. The average Bonchev–Trinajstić information content (AvgIpc) is 3.03. The summed E-state index contributed by atoms with van der Waals surface area (Å²) in [5, 5.41) is 6.06. The first-order valence-electron chi connectivity index (χ1n) is 6.21. The minimum atomic E-state index is 0.0726. The molecule has 94 valence electrons. The van der Waals surface area contributed by atoms with Gasteiger partial charge in [-0.05, 0) is 32.2 Å². The molecule has 0 spiro atoms. The molecule has 2 rings (SSSR count). The predicted molar refractivity (Wildman–Crippen MR) is 65.6 cm³/mol. The number of hydrogen-bond donors (Lipinski definition) is 2. The highest BCUT2D eigenvalue weighted by Gasteiger charge is 2.20. The maximum Gasteiger partial charge on any atom is 0.234 e. The standard InChI is InChI=1S/C12H20N4O/c1-10-14-4-6-16(10)7-5-15-12(17)9-13-8-11-2-3-11/h4,6,11,13H,2-3,5,7-9H2,1H3,(H,15,17). The molecule has 1 aromatic rings. The lowest BCUT2D eigenvalue weighted by atomic mass is 10.4. The van der Waals surface area contributed by atoms with Crippen molar-refractivity contribution in [2.45, 2.75) is 26.3 Å². The van der Waals surface area contributed by atoms with Gasteiger partial charge in [0.25, 0.3) is 0 Å². The molecule has 17 heavy (non-hydrogen) atoms. The fourth-order valence-electron chi connectivity index (χ4n) is 1.73. The van der Waals surface area contributed by atoms with Gasteiger partial charge in [0.05, 0.1) is 6.54 Å². The Labute approximate surface area is 102 Å². The first kappa shape index (κ1) is 12.1. The van der Waals surface area contributed by atoms with E-state index in [-0.39, 0.29) is 5.91 Å². The third-order valence-electron chi connectivity index (χ3n) is 3.01. The van der Waals surface area contributed by atoms with E-state index in [0.717, 1.165) is 24.8 Å². The number of carbonyl (C=O) groups excluding carboxylic acids is 1. The highest BCUT2D eigenvalue weighted by molar-refractivity contribution is 5.77. The van der Waals surface area contributed by atoms with Gasteiger partial charge in [-0.1, -0.05) is 0 Å². The second-order valence-electron chi connectivity index (χ2n) is 4.59. The number of aryl methyl sites for hydroxylation is 1. The van der Waals surface area contributed by atoms with Crippen LogP contribution in [0.3, 0.4) is 0 Å². The molecule has 0 bridgehead atoms. The quantitative estimate of drug-likeness (QED) is 0.716. The van der Waals surface area contributed by atoms with Crippen molar-refractivity contribution in [3.63, 3.8) is 0 Å². The van der Waals surface area contributed by atoms with Crippen LogP contribution >= 0.6 is 0 Å². The Hall–Kier alpha value is -1.36. The molecule has 0 aliphatic heterocycles. The van der Waals surface area contributed by atoms with E-state index in [1.807, 2.05) is 17.7 Å². The fraction of sp³-hybridized carbons (Fsp3) is 0.667. The molecular weight excluding hydrogens is 216 g/mol. The molecule has 1 aromatic heterocycles. The van der Waals surface area contributed by atoms with Crippen LogP contribution in [0.15, 0.2) is 12.4 Å². The number of amides is 1. The average molecular weight is 236 g/mol. The summed E-state index contributed by atoms with van der Waals surface area (Å²) in [6.45, 7) is 4.80. The van der Waals surface area contributed by atoms with Gasteiger partial charge in [0.2, 0.25) is 5.91 Å². The van der Waals surface area contributed by atoms with Crippen LogP contribution in [0.5, 0.6) is 0 Å². The van der Waals surface area contributed by atoms with Crippen molar-refractivity contribution in [3.8, 4) is 0 Å². The molecule has 1 aliphatic rings. The summed E-state index contributed by atoms with van der Waals surface area (Å²) in [6, 6.07) is 0. The molecule has 1 saturated carbocycles. The van der Waals surface area contributed by atoms with E-state index in [0.29, 0.717) is 13.1 Å². The molecule has 0 unspecified atom stereocenters. The molecular formula is C12H20N4O. The Balaban J connectivity index is 1.54. The van der Waals surface area contributed by atoms with E-state index in [1.54, 1.807) is 6.20 Å². The number of hydrogen-bond acceptors (Lipinski definition) is 3. The third kappa shape index (κ3) is 4.19. The van der Waals surface area contributed by atoms with Gasteiger partial charge in [-0.15, -0.1) is 0 Å². The summed E-state index contributed by atoms with van der Waals surface area (Å²) in [4.78, 5) is 15.6. The molecule has 5 nitrogen and oxygen atoms in total. The zero-order chi connectivity index (χ0) is 12.1. The first-order chi connectivity index (χ1) is 8.25. The SMILES string of the molecule is Cc1nccn1CCNC(=O)CNCC1CC1. The Kier molecular flexibility index (Phi) is 4.14. The van der Waals surface area contributed by atoms with Crippen LogP contribution in [0.1, 0.15) is 18.7 Å². The summed E-state index contributed by atoms with van der Waals surface area (Å²) < 4.78 is 2.03. The Morgan fingerprint density at radius 3 is 3.06 bits per heavy atom. The molecule has 0 radical (unpaired) electrons. The Morgan fingerprint density at radius 1 is 1.59 bits per heavy atom. The smallest absolute Gasteiger partial charge is 0.234 e. The number of rotatable bonds is 7. The van der Waals surface area contributed by atoms with E-state index < -0.39 is 0 Å². The van der Waals surface area contributed by atoms with Gasteiger partial charge in [-0.2, -0.15) is 0 Å². The number of imidazole rings is 1. The van der Waals surface area contributed by atoms with Crippen molar-refractivity contribution in [1.82, 2.24) is 20.2 Å². The fourth-order valence-corrected chi connectivity index (χ4v) is 1.73. The topological polar surface area (TPSA) is 59.0 Å². The molecule has 2 N–H and O–H groups in total. The van der Waals surface area contributed by atoms with Crippen molar-refractivity contribution in [1.29, 1.82) is 0 Å². The van der Waals surface area contributed by atoms with Crippen LogP contribution in [-0.2, 0) is 11.3 Å². The number of aromatic nitrogens is 2. The van der Waals surface area contributed by atoms with E-state index in [9.17, 15) is 4.79 Å². The summed E-state index contributed by atoms with van der Waals surface area (Å²) in [5.41, 5.74) is 0. The summed E-state index contributed by atoms with van der Waals surface area (Å²) in [5.74, 6) is 1.87. The monoisotopic (exact) mass is 236 g/mol. The van der Waals surface area contributed by atoms with E-state index >= 15 is 0 Å². The molecule has 1 fully saturated rings. The summed E-state index contributed by atoms with van der Waals surface area (Å²) in [7, 11) is 0. The molecule has 5 heteroatoms. The van der Waals surface area contributed by atoms with Crippen molar-refractivity contribution in [3.05, 3.63) is 18.2 Å². The Morgan fingerprint density at radius 2 is 2.41 bits per heavy atom. The second kappa shape index (κ2) is 5.82. The number of carbonyl (C=O) groups is 1. The van der Waals surface area contributed by atoms with E-state index in [4.69, 9.17) is 0 Å². The van der Waals surface area contributed by atoms with Crippen molar-refractivity contribution < 1.29 is 4.79 Å². The summed E-state index contributed by atoms with van der Waals surface area (Å²) >= 11 is 0. The van der Waals surface area contributed by atoms with Gasteiger partial charge >= 0.3 is 0 Å². The van der Waals surface area contributed by atoms with Crippen molar-refractivity contribution >= 4 is 5.91 Å². The minimum absolute atomic E-state index is 0.0726. The molecule has 1 heterocycles. The van der Waals surface area contributed by atoms with Crippen LogP contribution in [-0.4, -0.2) is 35.1 Å². The maximum atomic E-state index is 11.5. The van der Waals surface area contributed by atoms with Crippen molar-refractivity contribution in [2.75, 3.05) is 19.6 Å². The van der Waals surface area contributed by atoms with Crippen LogP contribution in [0.4, 0.5) is 0 Å². The van der Waals surface area contributed by atoms with E-state index in [1.165, 1.54) is 12.8 Å². The predicted octanol–water partition coefficient (Wildman–Crippen LogP) is 0.307. The van der Waals surface area contributed by atoms with E-state index in [2.05, 4.69) is 15.6 Å². The first-order valence-corrected chi connectivity index (χ1v) is 6.21. The van der Waals surface area contributed by atoms with Gasteiger partial charge in [0.15, 0.2) is 0 Å². The molecule has 0 atom stereocenters. The van der Waals surface area contributed by atoms with Gasteiger partial charge in [0, 0.05) is 25.5 Å². The van der Waals surface area contributed by atoms with Crippen LogP contribution in [0.2, 0.25) is 0 Å². The normalized spacial score (nSPS) is 14.9. The zero-order valence-electron chi connectivity index (χ0n) is 10.3. The summed E-state index contributed by atoms with van der Waals surface area (Å²) in [6.07, 6.45) is 6.32. The molecule has 1 aliphatic carbocycles. The van der Waals surface area contributed by atoms with Crippen LogP contribution in [0.25, 0.3) is 0 Å². The van der Waals surface area contributed by atoms with Gasteiger partial charge in [-0.3, -0.25) is 4.79 Å². The number of nitrogens with one attached hydrogen (secondary N) is 2. The van der Waals surface area contributed by atoms with Gasteiger partial charge < -0.3 is 15.2 Å². The Bertz CT molecular complexity index is 370. The van der Waals surface area contributed by atoms with Crippen molar-refractivity contribution in [2.24, 2.45) is 5.92 Å². The van der Waals surface area contributed by atoms with Crippen LogP contribution < -0.4 is 10.6 Å². The highest BCUT2D eigenvalue weighted by Crippen LogP contribution is 2.27. The maximum absolute atomic E-state index is 11.5. The molecule has 0 aromatic carbocycles. The van der Waals surface area contributed by atoms with Gasteiger partial charge in [-0.25, -0.2) is 4.98 Å². The highest BCUT2D eigenvalue weighted by atomic mass is 16.1. The van der Waals surface area contributed by atoms with Crippen LogP contribution in [0, 0.1) is 12.8 Å². The second-order valence-corrected chi connectivity index (χ2v) is 4.59. The van der Waals surface area contributed by atoms with Gasteiger partial charge in [0.1, 0.15) is 5.82 Å². The lowest BCUT2D eigenvalue weighted by molar-refractivity contribution is -0.120. The largest absolute Gasteiger partial charge is 0.353 e. The molecule has 1 amide bonds. The molecule has 0 saturated heterocycles. The third-order valence-corrected chi connectivity index (χ3v) is 3.01. The lowest BCUT2D eigenvalue weighted by Crippen LogP contribution is -2.36. The minimum Gasteiger partial charge on any atom is -0.353 e. The lowest BCUT2D eigenvalue weighted by Gasteiger charge is -2.07.